The normalized spacial score (nSPS) is 19.6. The van der Waals surface area contributed by atoms with Gasteiger partial charge in [-0.05, 0) is 17.5 Å². The first-order chi connectivity index (χ1) is 10.6. The molecule has 7 nitrogen and oxygen atoms in total. The van der Waals surface area contributed by atoms with E-state index in [1.165, 1.54) is 6.33 Å². The molecule has 0 bridgehead atoms. The van der Waals surface area contributed by atoms with Crippen LogP contribution in [0.15, 0.2) is 36.9 Å². The second-order valence-electron chi connectivity index (χ2n) is 5.37. The minimum absolute atomic E-state index is 0.192. The minimum Gasteiger partial charge on any atom is -0.481 e. The van der Waals surface area contributed by atoms with Crippen molar-refractivity contribution in [3.63, 3.8) is 0 Å². The van der Waals surface area contributed by atoms with E-state index >= 15 is 0 Å². The lowest BCUT2D eigenvalue weighted by Crippen LogP contribution is -2.26. The third kappa shape index (κ3) is 3.13. The first kappa shape index (κ1) is 14.2. The number of rotatable bonds is 6. The van der Waals surface area contributed by atoms with Crippen LogP contribution in [0, 0.1) is 11.8 Å². The van der Waals surface area contributed by atoms with Crippen molar-refractivity contribution in [3.05, 3.63) is 48.0 Å². The molecular weight excluding hydrogens is 284 g/mol. The van der Waals surface area contributed by atoms with Gasteiger partial charge in [-0.15, -0.1) is 0 Å². The number of nitrogens with zero attached hydrogens (tertiary/aromatic N) is 3. The highest BCUT2D eigenvalue weighted by atomic mass is 16.4. The van der Waals surface area contributed by atoms with E-state index in [0.29, 0.717) is 19.5 Å². The molecule has 1 aliphatic carbocycles. The highest BCUT2D eigenvalue weighted by molar-refractivity contribution is 5.89. The maximum atomic E-state index is 11.9. The van der Waals surface area contributed by atoms with Crippen molar-refractivity contribution in [2.24, 2.45) is 11.8 Å². The van der Waals surface area contributed by atoms with Gasteiger partial charge in [0, 0.05) is 6.54 Å². The first-order valence-electron chi connectivity index (χ1n) is 7.05. The number of aromatic nitrogens is 3. The Bertz CT molecular complexity index is 684. The highest BCUT2D eigenvalue weighted by Gasteiger charge is 2.48. The summed E-state index contributed by atoms with van der Waals surface area (Å²) in [5.41, 5.74) is 2.03. The summed E-state index contributed by atoms with van der Waals surface area (Å²) in [6, 6.07) is 7.75. The Morgan fingerprint density at radius 3 is 2.68 bits per heavy atom. The van der Waals surface area contributed by atoms with Crippen molar-refractivity contribution in [1.29, 1.82) is 0 Å². The van der Waals surface area contributed by atoms with E-state index in [0.717, 1.165) is 11.1 Å². The number of amides is 1. The summed E-state index contributed by atoms with van der Waals surface area (Å²) < 4.78 is 1.71. The monoisotopic (exact) mass is 300 g/mol. The van der Waals surface area contributed by atoms with Gasteiger partial charge in [-0.3, -0.25) is 9.59 Å². The number of nitrogens with one attached hydrogen (secondary N) is 1. The maximum Gasteiger partial charge on any atom is 0.307 e. The molecule has 1 heterocycles. The molecule has 7 heteroatoms. The van der Waals surface area contributed by atoms with Gasteiger partial charge in [-0.2, -0.15) is 5.10 Å². The third-order valence-corrected chi connectivity index (χ3v) is 3.81. The summed E-state index contributed by atoms with van der Waals surface area (Å²) in [7, 11) is 0. The zero-order valence-electron chi connectivity index (χ0n) is 11.8. The average Bonchev–Trinajstić information content (AvgIpc) is 3.17. The number of carbonyl (C=O) groups is 2. The van der Waals surface area contributed by atoms with E-state index in [1.54, 1.807) is 11.0 Å². The molecule has 114 valence electrons. The number of carboxylic acids is 1. The molecule has 1 aromatic heterocycles. The molecule has 2 unspecified atom stereocenters. The molecule has 1 aromatic carbocycles. The highest BCUT2D eigenvalue weighted by Crippen LogP contribution is 2.38. The number of hydrogen-bond acceptors (Lipinski definition) is 4. The molecule has 2 aromatic rings. The zero-order valence-corrected chi connectivity index (χ0v) is 11.8. The Morgan fingerprint density at radius 2 is 2.05 bits per heavy atom. The molecule has 2 N–H and O–H groups in total. The second kappa shape index (κ2) is 5.97. The molecule has 2 atom stereocenters. The number of benzene rings is 1. The summed E-state index contributed by atoms with van der Waals surface area (Å²) in [4.78, 5) is 26.6. The molecule has 1 aliphatic rings. The van der Waals surface area contributed by atoms with Gasteiger partial charge in [0.1, 0.15) is 12.7 Å². The second-order valence-corrected chi connectivity index (χ2v) is 5.37. The summed E-state index contributed by atoms with van der Waals surface area (Å²) in [6.45, 7) is 0.958. The number of aliphatic carboxylic acids is 1. The van der Waals surface area contributed by atoms with E-state index in [-0.39, 0.29) is 11.8 Å². The van der Waals surface area contributed by atoms with Crippen LogP contribution in [0.1, 0.15) is 17.5 Å². The van der Waals surface area contributed by atoms with Gasteiger partial charge in [-0.1, -0.05) is 24.3 Å². The molecule has 0 radical (unpaired) electrons. The van der Waals surface area contributed by atoms with E-state index < -0.39 is 11.9 Å². The summed E-state index contributed by atoms with van der Waals surface area (Å²) >= 11 is 0. The van der Waals surface area contributed by atoms with Gasteiger partial charge in [0.25, 0.3) is 0 Å². The molecule has 3 rings (SSSR count). The molecule has 0 aliphatic heterocycles. The van der Waals surface area contributed by atoms with Gasteiger partial charge in [0.15, 0.2) is 0 Å². The van der Waals surface area contributed by atoms with Gasteiger partial charge in [-0.25, -0.2) is 9.67 Å². The third-order valence-electron chi connectivity index (χ3n) is 3.81. The zero-order chi connectivity index (χ0) is 15.5. The van der Waals surface area contributed by atoms with Gasteiger partial charge in [0.2, 0.25) is 5.91 Å². The summed E-state index contributed by atoms with van der Waals surface area (Å²) in [6.07, 6.45) is 3.54. The Balaban J connectivity index is 1.61. The Morgan fingerprint density at radius 1 is 1.27 bits per heavy atom. The van der Waals surface area contributed by atoms with Crippen molar-refractivity contribution in [2.45, 2.75) is 19.5 Å². The Labute approximate surface area is 127 Å². The van der Waals surface area contributed by atoms with Crippen LogP contribution in [-0.2, 0) is 22.7 Å². The quantitative estimate of drug-likeness (QED) is 0.817. The summed E-state index contributed by atoms with van der Waals surface area (Å²) in [5.74, 6) is -2.00. The van der Waals surface area contributed by atoms with Crippen LogP contribution < -0.4 is 5.32 Å². The maximum absolute atomic E-state index is 11.9. The van der Waals surface area contributed by atoms with Crippen LogP contribution in [-0.4, -0.2) is 31.7 Å². The lowest BCUT2D eigenvalue weighted by Gasteiger charge is -2.10. The average molecular weight is 300 g/mol. The van der Waals surface area contributed by atoms with E-state index in [9.17, 15) is 9.59 Å². The predicted octanol–water partition coefficient (Wildman–Crippen LogP) is 0.663. The first-order valence-corrected chi connectivity index (χ1v) is 7.05. The fraction of sp³-hybridized carbons (Fsp3) is 0.333. The van der Waals surface area contributed by atoms with Crippen molar-refractivity contribution in [1.82, 2.24) is 20.1 Å². The van der Waals surface area contributed by atoms with Gasteiger partial charge >= 0.3 is 5.97 Å². The number of carboxylic acid groups (broad SMARTS) is 1. The Kier molecular flexibility index (Phi) is 3.86. The van der Waals surface area contributed by atoms with E-state index in [1.807, 2.05) is 24.3 Å². The minimum atomic E-state index is -0.897. The molecular formula is C15H16N4O3. The lowest BCUT2D eigenvalue weighted by molar-refractivity contribution is -0.140. The SMILES string of the molecule is O=C(O)C1CC1C(=O)NCc1ccccc1Cn1cncn1. The van der Waals surface area contributed by atoms with Crippen LogP contribution in [0.2, 0.25) is 0 Å². The van der Waals surface area contributed by atoms with Crippen molar-refractivity contribution < 1.29 is 14.7 Å². The number of carbonyl (C=O) groups excluding carboxylic acids is 1. The molecule has 1 amide bonds. The van der Waals surface area contributed by atoms with Crippen LogP contribution in [0.5, 0.6) is 0 Å². The summed E-state index contributed by atoms with van der Waals surface area (Å²) in [5, 5.41) is 15.7. The largest absolute Gasteiger partial charge is 0.481 e. The van der Waals surface area contributed by atoms with E-state index in [2.05, 4.69) is 15.4 Å². The predicted molar refractivity (Wildman–Crippen MR) is 76.6 cm³/mol. The fourth-order valence-electron chi connectivity index (χ4n) is 2.44. The lowest BCUT2D eigenvalue weighted by atomic mass is 10.1. The van der Waals surface area contributed by atoms with Crippen LogP contribution in [0.3, 0.4) is 0 Å². The Hall–Kier alpha value is -2.70. The molecule has 22 heavy (non-hydrogen) atoms. The van der Waals surface area contributed by atoms with Crippen molar-refractivity contribution >= 4 is 11.9 Å². The molecule has 1 fully saturated rings. The van der Waals surface area contributed by atoms with Crippen molar-refractivity contribution in [2.75, 3.05) is 0 Å². The fourth-order valence-corrected chi connectivity index (χ4v) is 2.44. The molecule has 0 spiro atoms. The van der Waals surface area contributed by atoms with Crippen LogP contribution in [0.4, 0.5) is 0 Å². The standard InChI is InChI=1S/C15H16N4O3/c20-14(12-5-13(12)15(21)22)17-6-10-3-1-2-4-11(10)7-19-9-16-8-18-19/h1-4,8-9,12-13H,5-7H2,(H,17,20)(H,21,22). The number of hydrogen-bond donors (Lipinski definition) is 2. The van der Waals surface area contributed by atoms with Crippen LogP contribution >= 0.6 is 0 Å². The van der Waals surface area contributed by atoms with Gasteiger partial charge in [0.05, 0.1) is 18.4 Å². The van der Waals surface area contributed by atoms with Crippen molar-refractivity contribution in [3.8, 4) is 0 Å². The smallest absolute Gasteiger partial charge is 0.307 e. The van der Waals surface area contributed by atoms with E-state index in [4.69, 9.17) is 5.11 Å². The van der Waals surface area contributed by atoms with Crippen LogP contribution in [0.25, 0.3) is 0 Å². The van der Waals surface area contributed by atoms with Gasteiger partial charge < -0.3 is 10.4 Å². The molecule has 0 saturated heterocycles. The molecule has 1 saturated carbocycles. The topological polar surface area (TPSA) is 97.1 Å².